The lowest BCUT2D eigenvalue weighted by Gasteiger charge is -2.05. The van der Waals surface area contributed by atoms with Crippen molar-refractivity contribution < 1.29 is 4.79 Å². The zero-order valence-electron chi connectivity index (χ0n) is 11.7. The van der Waals surface area contributed by atoms with E-state index in [-0.39, 0.29) is 5.91 Å². The second-order valence-electron chi connectivity index (χ2n) is 4.77. The molecular formula is C13H13ClN6O. The topological polar surface area (TPSA) is 88.5 Å². The number of pyridine rings is 1. The number of aromatic amines is 1. The Morgan fingerprint density at radius 3 is 2.90 bits per heavy atom. The number of H-pyrrole nitrogens is 1. The number of hydrogen-bond donors (Lipinski definition) is 2. The third-order valence-corrected chi connectivity index (χ3v) is 3.50. The third-order valence-electron chi connectivity index (χ3n) is 3.19. The van der Waals surface area contributed by atoms with Crippen molar-refractivity contribution in [2.24, 2.45) is 7.05 Å². The fraction of sp³-hybridized carbons (Fsp3) is 0.231. The number of carbonyl (C=O) groups excluding carboxylic acids is 1. The minimum absolute atomic E-state index is 0.312. The largest absolute Gasteiger partial charge is 0.306 e. The second-order valence-corrected chi connectivity index (χ2v) is 5.17. The highest BCUT2D eigenvalue weighted by Crippen LogP contribution is 2.24. The molecule has 0 atom stereocenters. The molecule has 0 unspecified atom stereocenters. The van der Waals surface area contributed by atoms with E-state index in [2.05, 4.69) is 25.6 Å². The molecule has 3 heterocycles. The zero-order chi connectivity index (χ0) is 15.1. The van der Waals surface area contributed by atoms with Gasteiger partial charge in [0.2, 0.25) is 0 Å². The summed E-state index contributed by atoms with van der Waals surface area (Å²) in [5.74, 6) is 0.151. The van der Waals surface area contributed by atoms with Crippen LogP contribution in [0.3, 0.4) is 0 Å². The van der Waals surface area contributed by atoms with Crippen LogP contribution in [0.15, 0.2) is 12.3 Å². The predicted molar refractivity (Wildman–Crippen MR) is 79.5 cm³/mol. The van der Waals surface area contributed by atoms with E-state index >= 15 is 0 Å². The van der Waals surface area contributed by atoms with Crippen LogP contribution in [0, 0.1) is 13.8 Å². The molecule has 0 radical (unpaired) electrons. The summed E-state index contributed by atoms with van der Waals surface area (Å²) < 4.78 is 1.65. The predicted octanol–water partition coefficient (Wildman–Crippen LogP) is 2.21. The number of halogens is 1. The summed E-state index contributed by atoms with van der Waals surface area (Å²) in [6.07, 6.45) is 1.46. The van der Waals surface area contributed by atoms with Crippen molar-refractivity contribution in [1.29, 1.82) is 0 Å². The van der Waals surface area contributed by atoms with E-state index in [1.165, 1.54) is 6.20 Å². The van der Waals surface area contributed by atoms with E-state index in [1.807, 2.05) is 13.8 Å². The van der Waals surface area contributed by atoms with Gasteiger partial charge in [-0.05, 0) is 19.9 Å². The van der Waals surface area contributed by atoms with E-state index in [9.17, 15) is 4.79 Å². The molecule has 1 amide bonds. The molecule has 0 saturated carbocycles. The summed E-state index contributed by atoms with van der Waals surface area (Å²) >= 11 is 6.08. The number of anilines is 1. The number of amides is 1. The van der Waals surface area contributed by atoms with Gasteiger partial charge in [-0.25, -0.2) is 4.68 Å². The quantitative estimate of drug-likeness (QED) is 0.759. The highest BCUT2D eigenvalue weighted by Gasteiger charge is 2.18. The normalized spacial score (nSPS) is 11.0. The van der Waals surface area contributed by atoms with Gasteiger partial charge in [0, 0.05) is 18.9 Å². The van der Waals surface area contributed by atoms with Gasteiger partial charge in [0.05, 0.1) is 21.7 Å². The molecule has 7 nitrogen and oxygen atoms in total. The van der Waals surface area contributed by atoms with E-state index in [4.69, 9.17) is 11.6 Å². The Balaban J connectivity index is 1.96. The van der Waals surface area contributed by atoms with Crippen molar-refractivity contribution in [1.82, 2.24) is 25.0 Å². The second kappa shape index (κ2) is 4.85. The Morgan fingerprint density at radius 1 is 1.43 bits per heavy atom. The van der Waals surface area contributed by atoms with Crippen molar-refractivity contribution in [3.05, 3.63) is 34.2 Å². The van der Waals surface area contributed by atoms with E-state index < -0.39 is 0 Å². The minimum atomic E-state index is -0.346. The lowest BCUT2D eigenvalue weighted by atomic mass is 10.2. The number of hydrogen-bond acceptors (Lipinski definition) is 4. The van der Waals surface area contributed by atoms with Crippen molar-refractivity contribution in [3.63, 3.8) is 0 Å². The molecular weight excluding hydrogens is 292 g/mol. The van der Waals surface area contributed by atoms with Crippen molar-refractivity contribution in [2.75, 3.05) is 5.32 Å². The van der Waals surface area contributed by atoms with E-state index in [0.717, 1.165) is 16.8 Å². The standard InChI is InChI=1S/C13H13ClN6O/c1-6-4-9(14)8(5-15-6)13(21)16-11-10-7(2)19-20(3)12(10)18-17-11/h4-5H,1-3H3,(H2,16,17,18,21). The monoisotopic (exact) mass is 304 g/mol. The summed E-state index contributed by atoms with van der Waals surface area (Å²) in [4.78, 5) is 16.4. The van der Waals surface area contributed by atoms with Crippen molar-refractivity contribution >= 4 is 34.4 Å². The summed E-state index contributed by atoms with van der Waals surface area (Å²) in [5, 5.41) is 15.1. The molecule has 0 aromatic carbocycles. The lowest BCUT2D eigenvalue weighted by molar-refractivity contribution is 0.102. The smallest absolute Gasteiger partial charge is 0.259 e. The number of fused-ring (bicyclic) bond motifs is 1. The summed E-state index contributed by atoms with van der Waals surface area (Å²) in [7, 11) is 1.79. The van der Waals surface area contributed by atoms with Gasteiger partial charge in [-0.2, -0.15) is 10.2 Å². The van der Waals surface area contributed by atoms with Gasteiger partial charge < -0.3 is 5.32 Å². The maximum absolute atomic E-state index is 12.3. The van der Waals surface area contributed by atoms with Gasteiger partial charge in [0.15, 0.2) is 5.65 Å². The van der Waals surface area contributed by atoms with Crippen molar-refractivity contribution in [2.45, 2.75) is 13.8 Å². The van der Waals surface area contributed by atoms with Crippen LogP contribution >= 0.6 is 11.6 Å². The Morgan fingerprint density at radius 2 is 2.19 bits per heavy atom. The molecule has 21 heavy (non-hydrogen) atoms. The maximum Gasteiger partial charge on any atom is 0.259 e. The Kier molecular flexibility index (Phi) is 3.13. The van der Waals surface area contributed by atoms with Gasteiger partial charge in [0.25, 0.3) is 5.91 Å². The number of aromatic nitrogens is 5. The Labute approximate surface area is 125 Å². The molecule has 0 aliphatic rings. The number of aryl methyl sites for hydroxylation is 3. The molecule has 3 rings (SSSR count). The third kappa shape index (κ3) is 2.25. The van der Waals surface area contributed by atoms with E-state index in [1.54, 1.807) is 17.8 Å². The van der Waals surface area contributed by atoms with Gasteiger partial charge in [-0.15, -0.1) is 0 Å². The average Bonchev–Trinajstić information content (AvgIpc) is 2.93. The lowest BCUT2D eigenvalue weighted by Crippen LogP contribution is -2.13. The Bertz CT molecular complexity index is 850. The molecule has 0 bridgehead atoms. The zero-order valence-corrected chi connectivity index (χ0v) is 12.5. The SMILES string of the molecule is Cc1cc(Cl)c(C(=O)Nc2[nH]nc3c2c(C)nn3C)cn1. The maximum atomic E-state index is 12.3. The van der Waals surface area contributed by atoms with Gasteiger partial charge in [-0.3, -0.25) is 14.9 Å². The molecule has 0 spiro atoms. The fourth-order valence-electron chi connectivity index (χ4n) is 2.20. The van der Waals surface area contributed by atoms with Crippen LogP contribution in [0.4, 0.5) is 5.82 Å². The summed E-state index contributed by atoms with van der Waals surface area (Å²) in [6.45, 7) is 3.67. The van der Waals surface area contributed by atoms with Gasteiger partial charge in [-0.1, -0.05) is 11.6 Å². The molecule has 8 heteroatoms. The first kappa shape index (κ1) is 13.6. The highest BCUT2D eigenvalue weighted by atomic mass is 35.5. The highest BCUT2D eigenvalue weighted by molar-refractivity contribution is 6.34. The summed E-state index contributed by atoms with van der Waals surface area (Å²) in [6, 6.07) is 1.65. The molecule has 0 fully saturated rings. The molecule has 2 N–H and O–H groups in total. The summed E-state index contributed by atoms with van der Waals surface area (Å²) in [5.41, 5.74) is 2.52. The number of nitrogens with one attached hydrogen (secondary N) is 2. The number of rotatable bonds is 2. The first-order chi connectivity index (χ1) is 9.97. The van der Waals surface area contributed by atoms with Crippen LogP contribution in [0.1, 0.15) is 21.7 Å². The average molecular weight is 305 g/mol. The van der Waals surface area contributed by atoms with Crippen LogP contribution < -0.4 is 5.32 Å². The fourth-order valence-corrected chi connectivity index (χ4v) is 2.49. The first-order valence-corrected chi connectivity index (χ1v) is 6.66. The molecule has 3 aromatic rings. The van der Waals surface area contributed by atoms with Gasteiger partial charge >= 0.3 is 0 Å². The Hall–Kier alpha value is -2.41. The number of carbonyl (C=O) groups is 1. The molecule has 3 aromatic heterocycles. The molecule has 108 valence electrons. The van der Waals surface area contributed by atoms with Crippen LogP contribution in [0.25, 0.3) is 11.0 Å². The molecule has 0 aliphatic carbocycles. The molecule has 0 aliphatic heterocycles. The van der Waals surface area contributed by atoms with Crippen LogP contribution in [-0.4, -0.2) is 30.9 Å². The molecule has 0 saturated heterocycles. The van der Waals surface area contributed by atoms with Crippen LogP contribution in [0.2, 0.25) is 5.02 Å². The first-order valence-electron chi connectivity index (χ1n) is 6.28. The number of nitrogens with zero attached hydrogens (tertiary/aromatic N) is 4. The van der Waals surface area contributed by atoms with Crippen molar-refractivity contribution in [3.8, 4) is 0 Å². The van der Waals surface area contributed by atoms with Gasteiger partial charge in [0.1, 0.15) is 5.82 Å². The van der Waals surface area contributed by atoms with Crippen LogP contribution in [0.5, 0.6) is 0 Å². The van der Waals surface area contributed by atoms with Crippen LogP contribution in [-0.2, 0) is 7.05 Å². The van der Waals surface area contributed by atoms with E-state index in [0.29, 0.717) is 22.1 Å². The minimum Gasteiger partial charge on any atom is -0.306 e.